The van der Waals surface area contributed by atoms with E-state index in [1.807, 2.05) is 24.0 Å². The highest BCUT2D eigenvalue weighted by Crippen LogP contribution is 2.24. The Hall–Kier alpha value is -1.94. The number of likely N-dealkylation sites (tertiary alicyclic amines) is 1. The van der Waals surface area contributed by atoms with Crippen molar-refractivity contribution >= 4 is 29.9 Å². The lowest BCUT2D eigenvalue weighted by molar-refractivity contribution is 0.188. The fourth-order valence-electron chi connectivity index (χ4n) is 2.80. The summed E-state index contributed by atoms with van der Waals surface area (Å²) in [5.41, 5.74) is 0.798. The van der Waals surface area contributed by atoms with Crippen LogP contribution in [0.4, 0.5) is 4.39 Å². The van der Waals surface area contributed by atoms with Crippen LogP contribution in [0.25, 0.3) is 0 Å². The number of hydrogen-bond acceptors (Lipinski definition) is 4. The number of aromatic nitrogens is 1. The van der Waals surface area contributed by atoms with Gasteiger partial charge >= 0.3 is 0 Å². The van der Waals surface area contributed by atoms with Gasteiger partial charge < -0.3 is 20.1 Å². The van der Waals surface area contributed by atoms with Gasteiger partial charge in [0.1, 0.15) is 11.6 Å². The van der Waals surface area contributed by atoms with Gasteiger partial charge in [0.05, 0.1) is 12.6 Å². The maximum Gasteiger partial charge on any atom is 0.224 e. The van der Waals surface area contributed by atoms with Gasteiger partial charge in [0.2, 0.25) is 5.88 Å². The van der Waals surface area contributed by atoms with E-state index in [0.29, 0.717) is 24.7 Å². The van der Waals surface area contributed by atoms with Gasteiger partial charge in [0.25, 0.3) is 0 Å². The number of rotatable bonds is 5. The molecule has 0 spiro atoms. The molecule has 0 unspecified atom stereocenters. The number of pyridine rings is 1. The Balaban J connectivity index is 0.00000261. The lowest BCUT2D eigenvalue weighted by Gasteiger charge is -2.21. The van der Waals surface area contributed by atoms with Crippen LogP contribution in [0, 0.1) is 5.82 Å². The Morgan fingerprint density at radius 3 is 2.96 bits per heavy atom. The molecule has 1 aromatic carbocycles. The van der Waals surface area contributed by atoms with Gasteiger partial charge in [-0.25, -0.2) is 14.4 Å². The van der Waals surface area contributed by atoms with Gasteiger partial charge in [-0.3, -0.25) is 0 Å². The lowest BCUT2D eigenvalue weighted by Crippen LogP contribution is -2.40. The van der Waals surface area contributed by atoms with Gasteiger partial charge in [-0.1, -0.05) is 12.1 Å². The molecular formula is C19H24FIN4O2. The van der Waals surface area contributed by atoms with Crippen molar-refractivity contribution in [3.05, 3.63) is 54.0 Å². The molecule has 1 aromatic heterocycles. The Labute approximate surface area is 175 Å². The molecule has 1 aliphatic rings. The van der Waals surface area contributed by atoms with E-state index in [1.165, 1.54) is 12.1 Å². The second kappa shape index (κ2) is 10.4. The molecule has 0 radical (unpaired) electrons. The SMILES string of the molecule is CCNC(=NCc1cccnc1Oc1cccc(F)c1)N1CC[C@@H](O)C1.I. The largest absolute Gasteiger partial charge is 0.439 e. The van der Waals surface area contributed by atoms with Crippen LogP contribution in [-0.2, 0) is 6.54 Å². The fraction of sp³-hybridized carbons (Fsp3) is 0.368. The van der Waals surface area contributed by atoms with Crippen LogP contribution in [0.3, 0.4) is 0 Å². The zero-order chi connectivity index (χ0) is 18.4. The summed E-state index contributed by atoms with van der Waals surface area (Å²) in [5.74, 6) is 1.19. The molecular weight excluding hydrogens is 462 g/mol. The molecule has 2 aromatic rings. The second-order valence-electron chi connectivity index (χ2n) is 6.09. The number of halogens is 2. The molecule has 6 nitrogen and oxygen atoms in total. The van der Waals surface area contributed by atoms with Gasteiger partial charge in [-0.15, -0.1) is 24.0 Å². The quantitative estimate of drug-likeness (QED) is 0.386. The number of aliphatic hydroxyl groups is 1. The Morgan fingerprint density at radius 2 is 2.26 bits per heavy atom. The average molecular weight is 486 g/mol. The van der Waals surface area contributed by atoms with Crippen molar-refractivity contribution in [3.8, 4) is 11.6 Å². The Kier molecular flexibility index (Phi) is 8.23. The summed E-state index contributed by atoms with van der Waals surface area (Å²) in [4.78, 5) is 10.9. The number of nitrogens with one attached hydrogen (secondary N) is 1. The number of aliphatic hydroxyl groups excluding tert-OH is 1. The molecule has 2 heterocycles. The van der Waals surface area contributed by atoms with E-state index in [-0.39, 0.29) is 35.9 Å². The summed E-state index contributed by atoms with van der Waals surface area (Å²) >= 11 is 0. The number of ether oxygens (including phenoxy) is 1. The monoisotopic (exact) mass is 486 g/mol. The number of aliphatic imine (C=N–C) groups is 1. The standard InChI is InChI=1S/C19H23FN4O2.HI/c1-2-21-19(24-10-8-16(25)13-24)23-12-14-5-4-9-22-18(14)26-17-7-3-6-15(20)11-17;/h3-7,9,11,16,25H,2,8,10,12-13H2,1H3,(H,21,23);1H/t16-;/m1./s1. The number of β-amino-alcohol motifs (C(OH)–C–C–N with tert-alkyl or cyclic N) is 1. The Morgan fingerprint density at radius 1 is 1.41 bits per heavy atom. The Bertz CT molecular complexity index is 775. The number of nitrogens with zero attached hydrogens (tertiary/aromatic N) is 3. The third kappa shape index (κ3) is 6.03. The van der Waals surface area contributed by atoms with E-state index in [0.717, 1.165) is 31.0 Å². The summed E-state index contributed by atoms with van der Waals surface area (Å²) in [6.45, 7) is 4.46. The van der Waals surface area contributed by atoms with Crippen LogP contribution in [0.1, 0.15) is 18.9 Å². The van der Waals surface area contributed by atoms with Crippen LogP contribution < -0.4 is 10.1 Å². The minimum atomic E-state index is -0.361. The van der Waals surface area contributed by atoms with E-state index in [2.05, 4.69) is 15.3 Å². The van der Waals surface area contributed by atoms with Crippen molar-refractivity contribution in [1.82, 2.24) is 15.2 Å². The minimum absolute atomic E-state index is 0. The molecule has 1 aliphatic heterocycles. The zero-order valence-corrected chi connectivity index (χ0v) is 17.5. The third-order valence-electron chi connectivity index (χ3n) is 4.06. The molecule has 27 heavy (non-hydrogen) atoms. The van der Waals surface area contributed by atoms with Crippen LogP contribution in [0.2, 0.25) is 0 Å². The summed E-state index contributed by atoms with van der Waals surface area (Å²) in [6.07, 6.45) is 2.05. The van der Waals surface area contributed by atoms with E-state index >= 15 is 0 Å². The van der Waals surface area contributed by atoms with Crippen LogP contribution in [0.5, 0.6) is 11.6 Å². The minimum Gasteiger partial charge on any atom is -0.439 e. The molecule has 0 saturated carbocycles. The molecule has 8 heteroatoms. The van der Waals surface area contributed by atoms with E-state index in [9.17, 15) is 9.50 Å². The van der Waals surface area contributed by atoms with Gasteiger partial charge in [0, 0.05) is 37.5 Å². The van der Waals surface area contributed by atoms with Crippen molar-refractivity contribution < 1.29 is 14.2 Å². The molecule has 146 valence electrons. The number of guanidine groups is 1. The molecule has 0 aliphatic carbocycles. The van der Waals surface area contributed by atoms with E-state index < -0.39 is 0 Å². The molecule has 1 saturated heterocycles. The smallest absolute Gasteiger partial charge is 0.224 e. The van der Waals surface area contributed by atoms with Crippen molar-refractivity contribution in [2.45, 2.75) is 26.0 Å². The van der Waals surface area contributed by atoms with E-state index in [4.69, 9.17) is 4.74 Å². The number of benzene rings is 1. The van der Waals surface area contributed by atoms with Crippen molar-refractivity contribution in [3.63, 3.8) is 0 Å². The highest BCUT2D eigenvalue weighted by molar-refractivity contribution is 14.0. The molecule has 1 atom stereocenters. The van der Waals surface area contributed by atoms with E-state index in [1.54, 1.807) is 18.3 Å². The molecule has 2 N–H and O–H groups in total. The summed E-state index contributed by atoms with van der Waals surface area (Å²) in [7, 11) is 0. The lowest BCUT2D eigenvalue weighted by atomic mass is 10.2. The second-order valence-corrected chi connectivity index (χ2v) is 6.09. The topological polar surface area (TPSA) is 70.0 Å². The predicted molar refractivity (Wildman–Crippen MR) is 113 cm³/mol. The molecule has 1 fully saturated rings. The maximum atomic E-state index is 13.4. The first kappa shape index (κ1) is 21.4. The first-order valence-corrected chi connectivity index (χ1v) is 8.74. The zero-order valence-electron chi connectivity index (χ0n) is 15.1. The summed E-state index contributed by atoms with van der Waals surface area (Å²) in [6, 6.07) is 9.65. The van der Waals surface area contributed by atoms with Gasteiger partial charge in [-0.05, 0) is 31.5 Å². The summed E-state index contributed by atoms with van der Waals surface area (Å²) < 4.78 is 19.1. The third-order valence-corrected chi connectivity index (χ3v) is 4.06. The van der Waals surface area contributed by atoms with Crippen LogP contribution in [0.15, 0.2) is 47.6 Å². The highest BCUT2D eigenvalue weighted by Gasteiger charge is 2.22. The van der Waals surface area contributed by atoms with Gasteiger partial charge in [-0.2, -0.15) is 0 Å². The summed E-state index contributed by atoms with van der Waals surface area (Å²) in [5, 5.41) is 13.0. The van der Waals surface area contributed by atoms with Crippen molar-refractivity contribution in [2.24, 2.45) is 4.99 Å². The fourth-order valence-corrected chi connectivity index (χ4v) is 2.80. The maximum absolute atomic E-state index is 13.4. The van der Waals surface area contributed by atoms with Crippen LogP contribution >= 0.6 is 24.0 Å². The predicted octanol–water partition coefficient (Wildman–Crippen LogP) is 3.16. The average Bonchev–Trinajstić information content (AvgIpc) is 3.06. The number of hydrogen-bond donors (Lipinski definition) is 2. The molecule has 0 bridgehead atoms. The highest BCUT2D eigenvalue weighted by atomic mass is 127. The first-order valence-electron chi connectivity index (χ1n) is 8.74. The van der Waals surface area contributed by atoms with Gasteiger partial charge in [0.15, 0.2) is 5.96 Å². The molecule has 3 rings (SSSR count). The molecule has 0 amide bonds. The van der Waals surface area contributed by atoms with Crippen molar-refractivity contribution in [1.29, 1.82) is 0 Å². The van der Waals surface area contributed by atoms with Crippen molar-refractivity contribution in [2.75, 3.05) is 19.6 Å². The normalized spacial score (nSPS) is 16.8. The first-order chi connectivity index (χ1) is 12.7. The van der Waals surface area contributed by atoms with Crippen LogP contribution in [-0.4, -0.2) is 46.7 Å².